The predicted molar refractivity (Wildman–Crippen MR) is 101 cm³/mol. The molecule has 0 radical (unpaired) electrons. The quantitative estimate of drug-likeness (QED) is 0.851. The van der Waals surface area contributed by atoms with E-state index in [0.29, 0.717) is 16.7 Å². The van der Waals surface area contributed by atoms with Gasteiger partial charge in [-0.15, -0.1) is 0 Å². The SMILES string of the molecule is O=C(COCc1nc2ccccc2c(=O)[nH]1)NC12CC3CC(CC(C3)C1)C2. The third-order valence-corrected chi connectivity index (χ3v) is 6.58. The molecule has 4 aliphatic carbocycles. The molecular formula is C21H25N3O3. The first kappa shape index (κ1) is 16.9. The van der Waals surface area contributed by atoms with E-state index in [4.69, 9.17) is 4.74 Å². The Morgan fingerprint density at radius 2 is 1.81 bits per heavy atom. The van der Waals surface area contributed by atoms with Crippen molar-refractivity contribution in [2.45, 2.75) is 50.7 Å². The van der Waals surface area contributed by atoms with Gasteiger partial charge in [0.05, 0.1) is 10.9 Å². The topological polar surface area (TPSA) is 84.1 Å². The largest absolute Gasteiger partial charge is 0.364 e. The Labute approximate surface area is 157 Å². The van der Waals surface area contributed by atoms with Gasteiger partial charge in [-0.3, -0.25) is 9.59 Å². The predicted octanol–water partition coefficient (Wildman–Crippen LogP) is 2.52. The minimum absolute atomic E-state index is 0.00170. The lowest BCUT2D eigenvalue weighted by atomic mass is 9.53. The van der Waals surface area contributed by atoms with Crippen LogP contribution in [0.3, 0.4) is 0 Å². The summed E-state index contributed by atoms with van der Waals surface area (Å²) in [6.45, 7) is 0.118. The molecule has 6 nitrogen and oxygen atoms in total. The van der Waals surface area contributed by atoms with Crippen LogP contribution in [0.1, 0.15) is 44.3 Å². The van der Waals surface area contributed by atoms with Crippen molar-refractivity contribution in [3.05, 3.63) is 40.4 Å². The summed E-state index contributed by atoms with van der Waals surface area (Å²) in [6.07, 6.45) is 7.45. The molecule has 27 heavy (non-hydrogen) atoms. The lowest BCUT2D eigenvalue weighted by Crippen LogP contribution is -2.60. The smallest absolute Gasteiger partial charge is 0.258 e. The maximum Gasteiger partial charge on any atom is 0.258 e. The fourth-order valence-electron chi connectivity index (χ4n) is 6.04. The normalized spacial score (nSPS) is 31.3. The highest BCUT2D eigenvalue weighted by Crippen LogP contribution is 2.55. The number of carbonyl (C=O) groups excluding carboxylic acids is 1. The molecule has 4 saturated carbocycles. The van der Waals surface area contributed by atoms with Gasteiger partial charge in [0.15, 0.2) is 0 Å². The molecule has 142 valence electrons. The number of fused-ring (bicyclic) bond motifs is 1. The number of hydrogen-bond acceptors (Lipinski definition) is 4. The molecule has 0 atom stereocenters. The number of ether oxygens (including phenoxy) is 1. The molecule has 0 unspecified atom stereocenters. The molecular weight excluding hydrogens is 342 g/mol. The molecule has 0 spiro atoms. The Balaban J connectivity index is 1.19. The highest BCUT2D eigenvalue weighted by Gasteiger charge is 2.51. The average molecular weight is 367 g/mol. The van der Waals surface area contributed by atoms with Gasteiger partial charge in [0.2, 0.25) is 5.91 Å². The van der Waals surface area contributed by atoms with Gasteiger partial charge in [0, 0.05) is 5.54 Å². The van der Waals surface area contributed by atoms with E-state index in [1.807, 2.05) is 12.1 Å². The number of carbonyl (C=O) groups is 1. The summed E-state index contributed by atoms with van der Waals surface area (Å²) in [4.78, 5) is 31.7. The molecule has 4 fully saturated rings. The van der Waals surface area contributed by atoms with Gasteiger partial charge in [0.25, 0.3) is 5.56 Å². The van der Waals surface area contributed by atoms with E-state index in [-0.39, 0.29) is 30.2 Å². The van der Waals surface area contributed by atoms with Crippen molar-refractivity contribution >= 4 is 16.8 Å². The fourth-order valence-corrected chi connectivity index (χ4v) is 6.04. The second-order valence-electron chi connectivity index (χ2n) is 8.77. The zero-order valence-corrected chi connectivity index (χ0v) is 15.4. The lowest BCUT2D eigenvalue weighted by molar-refractivity contribution is -0.131. The molecule has 0 saturated heterocycles. The van der Waals surface area contributed by atoms with Crippen LogP contribution >= 0.6 is 0 Å². The van der Waals surface area contributed by atoms with Gasteiger partial charge in [-0.2, -0.15) is 0 Å². The first-order valence-electron chi connectivity index (χ1n) is 9.95. The van der Waals surface area contributed by atoms with Crippen LogP contribution < -0.4 is 10.9 Å². The van der Waals surface area contributed by atoms with Crippen LogP contribution in [0.5, 0.6) is 0 Å². The summed E-state index contributed by atoms with van der Waals surface area (Å²) in [5.74, 6) is 2.78. The maximum absolute atomic E-state index is 12.5. The van der Waals surface area contributed by atoms with Crippen molar-refractivity contribution in [3.8, 4) is 0 Å². The first-order valence-corrected chi connectivity index (χ1v) is 9.95. The van der Waals surface area contributed by atoms with Crippen molar-refractivity contribution in [1.29, 1.82) is 0 Å². The van der Waals surface area contributed by atoms with Gasteiger partial charge < -0.3 is 15.0 Å². The van der Waals surface area contributed by atoms with Gasteiger partial charge in [-0.1, -0.05) is 12.1 Å². The molecule has 4 bridgehead atoms. The summed E-state index contributed by atoms with van der Waals surface area (Å²) in [6, 6.07) is 7.20. The Hall–Kier alpha value is -2.21. The summed E-state index contributed by atoms with van der Waals surface area (Å²) in [7, 11) is 0. The van der Waals surface area contributed by atoms with Crippen LogP contribution in [0.4, 0.5) is 0 Å². The van der Waals surface area contributed by atoms with E-state index in [1.54, 1.807) is 12.1 Å². The molecule has 2 aromatic rings. The third kappa shape index (κ3) is 3.27. The molecule has 2 N–H and O–H groups in total. The second-order valence-corrected chi connectivity index (χ2v) is 8.77. The Kier molecular flexibility index (Phi) is 4.04. The Bertz CT molecular complexity index is 900. The van der Waals surface area contributed by atoms with Crippen LogP contribution in [0.2, 0.25) is 0 Å². The van der Waals surface area contributed by atoms with Crippen LogP contribution in [-0.2, 0) is 16.1 Å². The summed E-state index contributed by atoms with van der Waals surface area (Å²) < 4.78 is 5.55. The number of aromatic nitrogens is 2. The maximum atomic E-state index is 12.5. The van der Waals surface area contributed by atoms with Gasteiger partial charge >= 0.3 is 0 Å². The summed E-state index contributed by atoms with van der Waals surface area (Å²) >= 11 is 0. The van der Waals surface area contributed by atoms with Gasteiger partial charge in [-0.05, 0) is 68.4 Å². The number of amides is 1. The molecule has 0 aliphatic heterocycles. The molecule has 1 amide bonds. The van der Waals surface area contributed by atoms with E-state index < -0.39 is 0 Å². The monoisotopic (exact) mass is 367 g/mol. The number of hydrogen-bond donors (Lipinski definition) is 2. The standard InChI is InChI=1S/C21H25N3O3/c25-19(24-21-8-13-5-14(9-21)7-15(6-13)10-21)12-27-11-18-22-17-4-2-1-3-16(17)20(26)23-18/h1-4,13-15H,5-12H2,(H,24,25)(H,22,23,26). The molecule has 6 rings (SSSR count). The van der Waals surface area contributed by atoms with E-state index in [9.17, 15) is 9.59 Å². The number of benzene rings is 1. The molecule has 1 heterocycles. The zero-order chi connectivity index (χ0) is 18.4. The van der Waals surface area contributed by atoms with E-state index in [2.05, 4.69) is 15.3 Å². The number of rotatable bonds is 5. The van der Waals surface area contributed by atoms with Crippen LogP contribution in [0.15, 0.2) is 29.1 Å². The highest BCUT2D eigenvalue weighted by molar-refractivity contribution is 5.78. The molecule has 1 aromatic heterocycles. The minimum atomic E-state index is -0.183. The molecule has 6 heteroatoms. The number of aromatic amines is 1. The van der Waals surface area contributed by atoms with Crippen molar-refractivity contribution in [3.63, 3.8) is 0 Å². The van der Waals surface area contributed by atoms with E-state index >= 15 is 0 Å². The van der Waals surface area contributed by atoms with E-state index in [1.165, 1.54) is 19.3 Å². The Morgan fingerprint density at radius 3 is 2.52 bits per heavy atom. The van der Waals surface area contributed by atoms with Crippen LogP contribution in [0.25, 0.3) is 10.9 Å². The van der Waals surface area contributed by atoms with Gasteiger partial charge in [0.1, 0.15) is 19.0 Å². The summed E-state index contributed by atoms with van der Waals surface area (Å²) in [5.41, 5.74) is 0.458. The van der Waals surface area contributed by atoms with Gasteiger partial charge in [-0.25, -0.2) is 4.98 Å². The van der Waals surface area contributed by atoms with Crippen molar-refractivity contribution in [2.75, 3.05) is 6.61 Å². The number of nitrogens with zero attached hydrogens (tertiary/aromatic N) is 1. The zero-order valence-electron chi connectivity index (χ0n) is 15.4. The molecule has 4 aliphatic rings. The Morgan fingerprint density at radius 1 is 1.15 bits per heavy atom. The number of nitrogens with one attached hydrogen (secondary N) is 2. The summed E-state index contributed by atoms with van der Waals surface area (Å²) in [5, 5.41) is 3.85. The third-order valence-electron chi connectivity index (χ3n) is 6.58. The lowest BCUT2D eigenvalue weighted by Gasteiger charge is -2.56. The molecule has 1 aromatic carbocycles. The fraction of sp³-hybridized carbons (Fsp3) is 0.571. The second kappa shape index (κ2) is 6.44. The first-order chi connectivity index (χ1) is 13.1. The van der Waals surface area contributed by atoms with Crippen molar-refractivity contribution in [1.82, 2.24) is 15.3 Å². The van der Waals surface area contributed by atoms with E-state index in [0.717, 1.165) is 37.0 Å². The van der Waals surface area contributed by atoms with Crippen molar-refractivity contribution in [2.24, 2.45) is 17.8 Å². The number of para-hydroxylation sites is 1. The van der Waals surface area contributed by atoms with Crippen molar-refractivity contribution < 1.29 is 9.53 Å². The van der Waals surface area contributed by atoms with Crippen LogP contribution in [-0.4, -0.2) is 28.0 Å². The minimum Gasteiger partial charge on any atom is -0.364 e. The average Bonchev–Trinajstić information content (AvgIpc) is 2.60. The highest BCUT2D eigenvalue weighted by atomic mass is 16.5. The number of H-pyrrole nitrogens is 1. The van der Waals surface area contributed by atoms with Crippen LogP contribution in [0, 0.1) is 17.8 Å².